The highest BCUT2D eigenvalue weighted by molar-refractivity contribution is 5.66. The zero-order valence-corrected chi connectivity index (χ0v) is 11.3. The van der Waals surface area contributed by atoms with Gasteiger partial charge in [0.1, 0.15) is 5.75 Å². The minimum Gasteiger partial charge on any atom is -0.497 e. The summed E-state index contributed by atoms with van der Waals surface area (Å²) in [5.74, 6) is 0.0890. The topological polar surface area (TPSA) is 49.8 Å². The highest BCUT2D eigenvalue weighted by atomic mass is 16.5. The van der Waals surface area contributed by atoms with E-state index in [2.05, 4.69) is 11.0 Å². The first-order chi connectivity index (χ1) is 8.51. The van der Waals surface area contributed by atoms with E-state index in [4.69, 9.17) is 9.84 Å². The van der Waals surface area contributed by atoms with Gasteiger partial charge in [0.2, 0.25) is 0 Å². The summed E-state index contributed by atoms with van der Waals surface area (Å²) < 4.78 is 5.27. The van der Waals surface area contributed by atoms with Gasteiger partial charge in [-0.3, -0.25) is 4.79 Å². The Morgan fingerprint density at radius 2 is 1.94 bits per heavy atom. The molecule has 0 aliphatic carbocycles. The number of carboxylic acid groups (broad SMARTS) is 1. The predicted molar refractivity (Wildman–Crippen MR) is 71.0 cm³/mol. The molecule has 1 rings (SSSR count). The van der Waals surface area contributed by atoms with Gasteiger partial charge in [0.15, 0.2) is 0 Å². The monoisotopic (exact) mass is 251 g/mol. The molecule has 18 heavy (non-hydrogen) atoms. The molecule has 100 valence electrons. The van der Waals surface area contributed by atoms with E-state index in [0.29, 0.717) is 6.42 Å². The minimum atomic E-state index is -0.744. The van der Waals surface area contributed by atoms with Gasteiger partial charge in [-0.25, -0.2) is 0 Å². The van der Waals surface area contributed by atoms with Gasteiger partial charge >= 0.3 is 5.97 Å². The van der Waals surface area contributed by atoms with Crippen LogP contribution in [-0.2, 0) is 17.8 Å². The number of carbonyl (C=O) groups is 1. The Labute approximate surface area is 108 Å². The van der Waals surface area contributed by atoms with Crippen LogP contribution in [0.1, 0.15) is 24.0 Å². The molecule has 1 aromatic rings. The number of ether oxygens (including phenoxy) is 1. The number of carboxylic acids is 1. The first-order valence-corrected chi connectivity index (χ1v) is 6.04. The first kappa shape index (κ1) is 14.5. The molecule has 4 nitrogen and oxygen atoms in total. The molecule has 0 saturated heterocycles. The molecule has 1 aromatic carbocycles. The van der Waals surface area contributed by atoms with Gasteiger partial charge in [0.25, 0.3) is 0 Å². The Balaban J connectivity index is 2.73. The van der Waals surface area contributed by atoms with Gasteiger partial charge < -0.3 is 14.7 Å². The van der Waals surface area contributed by atoms with Gasteiger partial charge in [-0.15, -0.1) is 0 Å². The molecule has 4 heteroatoms. The van der Waals surface area contributed by atoms with Crippen LogP contribution in [0.15, 0.2) is 18.2 Å². The molecule has 0 spiro atoms. The van der Waals surface area contributed by atoms with Crippen molar-refractivity contribution < 1.29 is 14.6 Å². The average Bonchev–Trinajstić information content (AvgIpc) is 2.27. The largest absolute Gasteiger partial charge is 0.497 e. The van der Waals surface area contributed by atoms with E-state index in [0.717, 1.165) is 24.3 Å². The molecule has 1 N–H and O–H groups in total. The Morgan fingerprint density at radius 3 is 2.50 bits per heavy atom. The van der Waals surface area contributed by atoms with E-state index in [1.165, 1.54) is 5.56 Å². The standard InChI is InChI=1S/C14H21NO3/c1-15(2)10-12-7-11(5-4-6-14(16)17)8-13(9-12)18-3/h7-9H,4-6,10H2,1-3H3,(H,16,17). The lowest BCUT2D eigenvalue weighted by Crippen LogP contribution is -2.11. The maximum atomic E-state index is 10.5. The number of hydrogen-bond donors (Lipinski definition) is 1. The van der Waals surface area contributed by atoms with Gasteiger partial charge in [-0.05, 0) is 50.2 Å². The van der Waals surface area contributed by atoms with E-state index in [9.17, 15) is 4.79 Å². The van der Waals surface area contributed by atoms with Gasteiger partial charge in [0.05, 0.1) is 7.11 Å². The van der Waals surface area contributed by atoms with Crippen LogP contribution < -0.4 is 4.74 Å². The summed E-state index contributed by atoms with van der Waals surface area (Å²) in [5, 5.41) is 8.63. The predicted octanol–water partition coefficient (Wildman–Crippen LogP) is 2.16. The third-order valence-corrected chi connectivity index (χ3v) is 2.62. The quantitative estimate of drug-likeness (QED) is 0.807. The van der Waals surface area contributed by atoms with Crippen molar-refractivity contribution in [3.8, 4) is 5.75 Å². The highest BCUT2D eigenvalue weighted by Gasteiger charge is 2.04. The normalized spacial score (nSPS) is 10.7. The average molecular weight is 251 g/mol. The van der Waals surface area contributed by atoms with Crippen LogP contribution in [-0.4, -0.2) is 37.2 Å². The molecule has 0 heterocycles. The lowest BCUT2D eigenvalue weighted by atomic mass is 10.0. The molecule has 0 bridgehead atoms. The fourth-order valence-electron chi connectivity index (χ4n) is 1.89. The van der Waals surface area contributed by atoms with Crippen molar-refractivity contribution in [2.75, 3.05) is 21.2 Å². The smallest absolute Gasteiger partial charge is 0.303 e. The zero-order chi connectivity index (χ0) is 13.5. The van der Waals surface area contributed by atoms with Crippen molar-refractivity contribution in [2.45, 2.75) is 25.8 Å². The van der Waals surface area contributed by atoms with Crippen molar-refractivity contribution in [3.05, 3.63) is 29.3 Å². The van der Waals surface area contributed by atoms with Gasteiger partial charge in [-0.1, -0.05) is 6.07 Å². The molecule has 0 unspecified atom stereocenters. The summed E-state index contributed by atoms with van der Waals surface area (Å²) in [5.41, 5.74) is 2.32. The number of rotatable bonds is 7. The summed E-state index contributed by atoms with van der Waals surface area (Å²) in [4.78, 5) is 12.6. The fraction of sp³-hybridized carbons (Fsp3) is 0.500. The number of aliphatic carboxylic acids is 1. The SMILES string of the molecule is COc1cc(CCCC(=O)O)cc(CN(C)C)c1. The van der Waals surface area contributed by atoms with Gasteiger partial charge in [0, 0.05) is 13.0 Å². The third-order valence-electron chi connectivity index (χ3n) is 2.62. The molecule has 0 saturated carbocycles. The number of methoxy groups -OCH3 is 1. The maximum Gasteiger partial charge on any atom is 0.303 e. The van der Waals surface area contributed by atoms with Crippen molar-refractivity contribution in [1.82, 2.24) is 4.90 Å². The number of nitrogens with zero attached hydrogens (tertiary/aromatic N) is 1. The second-order valence-corrected chi connectivity index (χ2v) is 4.67. The molecule has 0 amide bonds. The Bertz CT molecular complexity index is 402. The molecular weight excluding hydrogens is 230 g/mol. The summed E-state index contributed by atoms with van der Waals surface area (Å²) >= 11 is 0. The Hall–Kier alpha value is -1.55. The molecule has 0 atom stereocenters. The number of benzene rings is 1. The van der Waals surface area contributed by atoms with Crippen LogP contribution in [0.2, 0.25) is 0 Å². The van der Waals surface area contributed by atoms with E-state index < -0.39 is 5.97 Å². The zero-order valence-electron chi connectivity index (χ0n) is 11.3. The molecule has 0 fully saturated rings. The number of hydrogen-bond acceptors (Lipinski definition) is 3. The van der Waals surface area contributed by atoms with Crippen molar-refractivity contribution in [3.63, 3.8) is 0 Å². The van der Waals surface area contributed by atoms with Crippen LogP contribution >= 0.6 is 0 Å². The molecule has 0 radical (unpaired) electrons. The number of aryl methyl sites for hydroxylation is 1. The lowest BCUT2D eigenvalue weighted by molar-refractivity contribution is -0.137. The summed E-state index contributed by atoms with van der Waals surface area (Å²) in [6.07, 6.45) is 1.63. The van der Waals surface area contributed by atoms with E-state index >= 15 is 0 Å². The summed E-state index contributed by atoms with van der Waals surface area (Å²) in [6.45, 7) is 0.850. The molecule has 0 aliphatic heterocycles. The van der Waals surface area contributed by atoms with E-state index in [-0.39, 0.29) is 6.42 Å². The first-order valence-electron chi connectivity index (χ1n) is 6.04. The van der Waals surface area contributed by atoms with Crippen molar-refractivity contribution >= 4 is 5.97 Å². The summed E-state index contributed by atoms with van der Waals surface area (Å²) in [6, 6.07) is 6.10. The third kappa shape index (κ3) is 5.19. The van der Waals surface area contributed by atoms with Crippen LogP contribution in [0.3, 0.4) is 0 Å². The van der Waals surface area contributed by atoms with Gasteiger partial charge in [-0.2, -0.15) is 0 Å². The van der Waals surface area contributed by atoms with Crippen LogP contribution in [0.4, 0.5) is 0 Å². The van der Waals surface area contributed by atoms with Crippen LogP contribution in [0.25, 0.3) is 0 Å². The maximum absolute atomic E-state index is 10.5. The van der Waals surface area contributed by atoms with Crippen molar-refractivity contribution in [2.24, 2.45) is 0 Å². The molecule has 0 aromatic heterocycles. The molecular formula is C14H21NO3. The lowest BCUT2D eigenvalue weighted by Gasteiger charge is -2.13. The van der Waals surface area contributed by atoms with Crippen molar-refractivity contribution in [1.29, 1.82) is 0 Å². The second kappa shape index (κ2) is 7.01. The van der Waals surface area contributed by atoms with E-state index in [1.807, 2.05) is 26.2 Å². The fourth-order valence-corrected chi connectivity index (χ4v) is 1.89. The Kier molecular flexibility index (Phi) is 5.65. The summed E-state index contributed by atoms with van der Waals surface area (Å²) in [7, 11) is 5.68. The van der Waals surface area contributed by atoms with Crippen LogP contribution in [0, 0.1) is 0 Å². The minimum absolute atomic E-state index is 0.209. The highest BCUT2D eigenvalue weighted by Crippen LogP contribution is 2.19. The van der Waals surface area contributed by atoms with E-state index in [1.54, 1.807) is 7.11 Å². The Morgan fingerprint density at radius 1 is 1.28 bits per heavy atom. The second-order valence-electron chi connectivity index (χ2n) is 4.67. The van der Waals surface area contributed by atoms with Crippen LogP contribution in [0.5, 0.6) is 5.75 Å². The molecule has 0 aliphatic rings.